The predicted molar refractivity (Wildman–Crippen MR) is 81.5 cm³/mol. The molecule has 1 N–H and O–H groups in total. The molecule has 0 heterocycles. The van der Waals surface area contributed by atoms with Crippen LogP contribution in [-0.2, 0) is 0 Å². The van der Waals surface area contributed by atoms with Crippen LogP contribution in [0.5, 0.6) is 0 Å². The van der Waals surface area contributed by atoms with E-state index in [4.69, 9.17) is 23.2 Å². The van der Waals surface area contributed by atoms with Gasteiger partial charge >= 0.3 is 0 Å². The molecule has 1 unspecified atom stereocenters. The van der Waals surface area contributed by atoms with Gasteiger partial charge < -0.3 is 5.32 Å². The Kier molecular flexibility index (Phi) is 6.77. The SMILES string of the molecule is C=C(CC)CC(NCCC)c1cccc(Cl)c1Cl. The van der Waals surface area contributed by atoms with Crippen molar-refractivity contribution in [3.8, 4) is 0 Å². The van der Waals surface area contributed by atoms with E-state index in [1.807, 2.05) is 18.2 Å². The second-order valence-electron chi connectivity index (χ2n) is 4.46. The number of rotatable bonds is 7. The number of hydrogen-bond donors (Lipinski definition) is 1. The fourth-order valence-electron chi connectivity index (χ4n) is 1.83. The zero-order chi connectivity index (χ0) is 13.5. The lowest BCUT2D eigenvalue weighted by atomic mass is 9.98. The highest BCUT2D eigenvalue weighted by Gasteiger charge is 2.16. The molecular formula is C15H21Cl2N. The monoisotopic (exact) mass is 285 g/mol. The van der Waals surface area contributed by atoms with E-state index in [2.05, 4.69) is 25.7 Å². The van der Waals surface area contributed by atoms with E-state index in [0.29, 0.717) is 10.0 Å². The van der Waals surface area contributed by atoms with Gasteiger partial charge in [-0.1, -0.05) is 61.3 Å². The Bertz CT molecular complexity index is 401. The van der Waals surface area contributed by atoms with E-state index in [0.717, 1.165) is 31.4 Å². The highest BCUT2D eigenvalue weighted by molar-refractivity contribution is 6.42. The van der Waals surface area contributed by atoms with Crippen LogP contribution in [0.25, 0.3) is 0 Å². The van der Waals surface area contributed by atoms with Crippen LogP contribution in [0, 0.1) is 0 Å². The molecular weight excluding hydrogens is 265 g/mol. The van der Waals surface area contributed by atoms with Crippen LogP contribution < -0.4 is 5.32 Å². The van der Waals surface area contributed by atoms with Crippen molar-refractivity contribution in [1.29, 1.82) is 0 Å². The van der Waals surface area contributed by atoms with Crippen LogP contribution in [0.2, 0.25) is 10.0 Å². The first-order valence-electron chi connectivity index (χ1n) is 6.44. The van der Waals surface area contributed by atoms with E-state index in [9.17, 15) is 0 Å². The van der Waals surface area contributed by atoms with Crippen LogP contribution in [-0.4, -0.2) is 6.54 Å². The molecule has 0 saturated heterocycles. The molecule has 1 rings (SSSR count). The summed E-state index contributed by atoms with van der Waals surface area (Å²) in [6.07, 6.45) is 2.98. The lowest BCUT2D eigenvalue weighted by Gasteiger charge is -2.21. The van der Waals surface area contributed by atoms with Crippen LogP contribution in [0.4, 0.5) is 0 Å². The van der Waals surface area contributed by atoms with Gasteiger partial charge in [0.15, 0.2) is 0 Å². The molecule has 100 valence electrons. The highest BCUT2D eigenvalue weighted by atomic mass is 35.5. The number of nitrogens with one attached hydrogen (secondary N) is 1. The molecule has 1 aromatic carbocycles. The van der Waals surface area contributed by atoms with Crippen molar-refractivity contribution >= 4 is 23.2 Å². The first-order chi connectivity index (χ1) is 8.60. The minimum atomic E-state index is 0.198. The van der Waals surface area contributed by atoms with Gasteiger partial charge in [0.1, 0.15) is 0 Å². The maximum Gasteiger partial charge on any atom is 0.0640 e. The van der Waals surface area contributed by atoms with Gasteiger partial charge in [-0.15, -0.1) is 0 Å². The van der Waals surface area contributed by atoms with E-state index < -0.39 is 0 Å². The molecule has 0 bridgehead atoms. The zero-order valence-corrected chi connectivity index (χ0v) is 12.6. The quantitative estimate of drug-likeness (QED) is 0.662. The molecule has 3 heteroatoms. The summed E-state index contributed by atoms with van der Waals surface area (Å²) in [7, 11) is 0. The van der Waals surface area contributed by atoms with Gasteiger partial charge in [0.05, 0.1) is 10.0 Å². The Hall–Kier alpha value is -0.500. The average Bonchev–Trinajstić information content (AvgIpc) is 2.37. The summed E-state index contributed by atoms with van der Waals surface area (Å²) in [5.74, 6) is 0. The van der Waals surface area contributed by atoms with E-state index in [-0.39, 0.29) is 6.04 Å². The summed E-state index contributed by atoms with van der Waals surface area (Å²) in [5, 5.41) is 4.78. The van der Waals surface area contributed by atoms with Crippen LogP contribution in [0.15, 0.2) is 30.4 Å². The Morgan fingerprint density at radius 2 is 2.06 bits per heavy atom. The summed E-state index contributed by atoms with van der Waals surface area (Å²) in [5.41, 5.74) is 2.28. The molecule has 0 aromatic heterocycles. The molecule has 1 atom stereocenters. The van der Waals surface area contributed by atoms with E-state index in [1.165, 1.54) is 5.57 Å². The third-order valence-corrected chi connectivity index (χ3v) is 3.82. The lowest BCUT2D eigenvalue weighted by molar-refractivity contribution is 0.524. The van der Waals surface area contributed by atoms with Crippen molar-refractivity contribution in [2.75, 3.05) is 6.54 Å². The second kappa shape index (κ2) is 7.83. The third kappa shape index (κ3) is 4.31. The van der Waals surface area contributed by atoms with Gasteiger partial charge in [0, 0.05) is 6.04 Å². The molecule has 0 fully saturated rings. The normalized spacial score (nSPS) is 12.4. The van der Waals surface area contributed by atoms with Crippen molar-refractivity contribution in [1.82, 2.24) is 5.32 Å². The van der Waals surface area contributed by atoms with Crippen molar-refractivity contribution < 1.29 is 0 Å². The van der Waals surface area contributed by atoms with Gasteiger partial charge in [0.2, 0.25) is 0 Å². The van der Waals surface area contributed by atoms with E-state index >= 15 is 0 Å². The summed E-state index contributed by atoms with van der Waals surface area (Å²) >= 11 is 12.4. The van der Waals surface area contributed by atoms with Crippen LogP contribution >= 0.6 is 23.2 Å². The molecule has 0 aliphatic rings. The molecule has 0 aliphatic carbocycles. The van der Waals surface area contributed by atoms with Gasteiger partial charge in [-0.05, 0) is 37.4 Å². The van der Waals surface area contributed by atoms with Crippen molar-refractivity contribution in [3.05, 3.63) is 46.0 Å². The highest BCUT2D eigenvalue weighted by Crippen LogP contribution is 2.32. The summed E-state index contributed by atoms with van der Waals surface area (Å²) in [4.78, 5) is 0. The smallest absolute Gasteiger partial charge is 0.0640 e. The largest absolute Gasteiger partial charge is 0.310 e. The topological polar surface area (TPSA) is 12.0 Å². The lowest BCUT2D eigenvalue weighted by Crippen LogP contribution is -2.23. The number of halogens is 2. The molecule has 1 aromatic rings. The van der Waals surface area contributed by atoms with Crippen LogP contribution in [0.3, 0.4) is 0 Å². The predicted octanol–water partition coefficient (Wildman–Crippen LogP) is 5.39. The number of benzene rings is 1. The third-order valence-electron chi connectivity index (χ3n) is 2.99. The standard InChI is InChI=1S/C15H21Cl2N/c1-4-9-18-14(10-11(3)5-2)12-7-6-8-13(16)15(12)17/h6-8,14,18H,3-5,9-10H2,1-2H3. The summed E-state index contributed by atoms with van der Waals surface area (Å²) in [6.45, 7) is 9.32. The maximum absolute atomic E-state index is 6.29. The molecule has 0 aliphatic heterocycles. The van der Waals surface area contributed by atoms with Gasteiger partial charge in [0.25, 0.3) is 0 Å². The second-order valence-corrected chi connectivity index (χ2v) is 5.24. The summed E-state index contributed by atoms with van der Waals surface area (Å²) in [6, 6.07) is 5.99. The Balaban J connectivity index is 2.93. The van der Waals surface area contributed by atoms with Crippen molar-refractivity contribution in [3.63, 3.8) is 0 Å². The molecule has 0 amide bonds. The Morgan fingerprint density at radius 1 is 1.33 bits per heavy atom. The Morgan fingerprint density at radius 3 is 2.67 bits per heavy atom. The van der Waals surface area contributed by atoms with Gasteiger partial charge in [-0.25, -0.2) is 0 Å². The maximum atomic E-state index is 6.29. The fraction of sp³-hybridized carbons (Fsp3) is 0.467. The molecule has 0 radical (unpaired) electrons. The molecule has 1 nitrogen and oxygen atoms in total. The number of hydrogen-bond acceptors (Lipinski definition) is 1. The zero-order valence-electron chi connectivity index (χ0n) is 11.1. The fourth-order valence-corrected chi connectivity index (χ4v) is 2.27. The first-order valence-corrected chi connectivity index (χ1v) is 7.19. The molecule has 18 heavy (non-hydrogen) atoms. The molecule has 0 spiro atoms. The first kappa shape index (κ1) is 15.6. The van der Waals surface area contributed by atoms with Crippen molar-refractivity contribution in [2.24, 2.45) is 0 Å². The minimum absolute atomic E-state index is 0.198. The van der Waals surface area contributed by atoms with Crippen LogP contribution in [0.1, 0.15) is 44.7 Å². The molecule has 0 saturated carbocycles. The van der Waals surface area contributed by atoms with Crippen molar-refractivity contribution in [2.45, 2.75) is 39.2 Å². The average molecular weight is 286 g/mol. The minimum Gasteiger partial charge on any atom is -0.310 e. The van der Waals surface area contributed by atoms with Gasteiger partial charge in [-0.3, -0.25) is 0 Å². The summed E-state index contributed by atoms with van der Waals surface area (Å²) < 4.78 is 0. The van der Waals surface area contributed by atoms with E-state index in [1.54, 1.807) is 0 Å². The van der Waals surface area contributed by atoms with Gasteiger partial charge in [-0.2, -0.15) is 0 Å². The Labute approximate surface area is 120 Å².